The number of aromatic nitrogens is 1. The summed E-state index contributed by atoms with van der Waals surface area (Å²) in [6.07, 6.45) is 2.27. The van der Waals surface area contributed by atoms with Gasteiger partial charge in [0.15, 0.2) is 0 Å². The van der Waals surface area contributed by atoms with Gasteiger partial charge in [0, 0.05) is 33.5 Å². The molecule has 0 aliphatic carbocycles. The fraction of sp³-hybridized carbons (Fsp3) is 0.189. The summed E-state index contributed by atoms with van der Waals surface area (Å²) in [6.45, 7) is 9.08. The molecule has 2 nitrogen and oxygen atoms in total. The van der Waals surface area contributed by atoms with Crippen LogP contribution in [-0.2, 0) is 5.41 Å². The van der Waals surface area contributed by atoms with E-state index in [0.717, 1.165) is 29.9 Å². The zero-order valence-corrected chi connectivity index (χ0v) is 23.4. The molecule has 0 saturated carbocycles. The third-order valence-electron chi connectivity index (χ3n) is 8.62. The molecule has 0 unspecified atom stereocenters. The first-order chi connectivity index (χ1) is 19.0. The average Bonchev–Trinajstić information content (AvgIpc) is 3.33. The molecule has 0 bridgehead atoms. The van der Waals surface area contributed by atoms with Gasteiger partial charge in [-0.3, -0.25) is 0 Å². The Balaban J connectivity index is 1.45. The lowest BCUT2D eigenvalue weighted by Crippen LogP contribution is -2.19. The Bertz CT molecular complexity index is 1660. The molecular formula is C37H36N2. The molecule has 0 fully saturated rings. The number of aryl methyl sites for hydroxylation is 1. The van der Waals surface area contributed by atoms with Crippen molar-refractivity contribution in [1.29, 1.82) is 0 Å². The van der Waals surface area contributed by atoms with Crippen LogP contribution >= 0.6 is 0 Å². The number of rotatable bonds is 7. The maximum absolute atomic E-state index is 2.37. The number of hydrogen-bond acceptors (Lipinski definition) is 1. The fourth-order valence-corrected chi connectivity index (χ4v) is 5.76. The molecule has 6 aromatic rings. The lowest BCUT2D eigenvalue weighted by Gasteiger charge is -2.29. The van der Waals surface area contributed by atoms with Gasteiger partial charge in [-0.15, -0.1) is 0 Å². The van der Waals surface area contributed by atoms with Crippen molar-refractivity contribution >= 4 is 38.9 Å². The minimum atomic E-state index is 0.206. The Morgan fingerprint density at radius 2 is 1.00 bits per heavy atom. The van der Waals surface area contributed by atoms with Crippen LogP contribution in [0.5, 0.6) is 0 Å². The van der Waals surface area contributed by atoms with Gasteiger partial charge in [-0.25, -0.2) is 0 Å². The van der Waals surface area contributed by atoms with Crippen LogP contribution in [0.2, 0.25) is 0 Å². The van der Waals surface area contributed by atoms with Crippen molar-refractivity contribution in [2.45, 2.75) is 46.0 Å². The maximum atomic E-state index is 2.37. The fourth-order valence-electron chi connectivity index (χ4n) is 5.76. The van der Waals surface area contributed by atoms with Crippen LogP contribution < -0.4 is 4.90 Å². The second kappa shape index (κ2) is 10.1. The number of fused-ring (bicyclic) bond motifs is 3. The second-order valence-electron chi connectivity index (χ2n) is 10.9. The number of benzene rings is 5. The zero-order valence-electron chi connectivity index (χ0n) is 23.4. The van der Waals surface area contributed by atoms with Gasteiger partial charge >= 0.3 is 0 Å². The number of nitrogens with zero attached hydrogens (tertiary/aromatic N) is 2. The van der Waals surface area contributed by atoms with Gasteiger partial charge in [0.05, 0.1) is 11.0 Å². The van der Waals surface area contributed by atoms with Crippen molar-refractivity contribution in [3.8, 4) is 5.69 Å². The molecule has 0 aliphatic rings. The van der Waals surface area contributed by atoms with Crippen molar-refractivity contribution in [2.75, 3.05) is 4.90 Å². The smallest absolute Gasteiger partial charge is 0.0541 e. The molecule has 0 atom stereocenters. The summed E-state index contributed by atoms with van der Waals surface area (Å²) in [5.41, 5.74) is 9.96. The van der Waals surface area contributed by atoms with E-state index in [1.54, 1.807) is 0 Å². The highest BCUT2D eigenvalue weighted by Crippen LogP contribution is 2.38. The van der Waals surface area contributed by atoms with Crippen LogP contribution in [-0.4, -0.2) is 4.57 Å². The van der Waals surface area contributed by atoms with Crippen LogP contribution in [0.15, 0.2) is 121 Å². The van der Waals surface area contributed by atoms with Gasteiger partial charge in [-0.1, -0.05) is 87.0 Å². The average molecular weight is 509 g/mol. The van der Waals surface area contributed by atoms with Gasteiger partial charge in [0.1, 0.15) is 0 Å². The highest BCUT2D eigenvalue weighted by Gasteiger charge is 2.23. The molecule has 0 N–H and O–H groups in total. The highest BCUT2D eigenvalue weighted by molar-refractivity contribution is 6.09. The lowest BCUT2D eigenvalue weighted by molar-refractivity contribution is 0.439. The molecule has 1 heterocycles. The summed E-state index contributed by atoms with van der Waals surface area (Å²) in [6, 6.07) is 44.3. The van der Waals surface area contributed by atoms with Crippen LogP contribution in [0.4, 0.5) is 17.1 Å². The Morgan fingerprint density at radius 1 is 0.564 bits per heavy atom. The predicted molar refractivity (Wildman–Crippen MR) is 168 cm³/mol. The Labute approximate surface area is 232 Å². The molecule has 2 heteroatoms. The predicted octanol–water partition coefficient (Wildman–Crippen LogP) is 10.6. The molecule has 0 spiro atoms. The molecule has 1 aromatic heterocycles. The molecule has 194 valence electrons. The summed E-state index contributed by atoms with van der Waals surface area (Å²) in [5, 5.41) is 2.56. The molecule has 5 aromatic carbocycles. The van der Waals surface area contributed by atoms with Crippen LogP contribution in [0.25, 0.3) is 27.5 Å². The highest BCUT2D eigenvalue weighted by atomic mass is 15.1. The summed E-state index contributed by atoms with van der Waals surface area (Å²) >= 11 is 0. The second-order valence-corrected chi connectivity index (χ2v) is 10.9. The van der Waals surface area contributed by atoms with Crippen LogP contribution in [0.3, 0.4) is 0 Å². The van der Waals surface area contributed by atoms with Crippen molar-refractivity contribution in [2.24, 2.45) is 0 Å². The minimum absolute atomic E-state index is 0.206. The molecule has 39 heavy (non-hydrogen) atoms. The SMILES string of the molecule is CCC(C)(CC)c1ccc(N(c2ccc(C)cc2)c2ccc(-n3c4ccccc4c4ccccc43)cc2)cc1. The first-order valence-corrected chi connectivity index (χ1v) is 14.1. The van der Waals surface area contributed by atoms with Gasteiger partial charge in [-0.05, 0) is 91.4 Å². The van der Waals surface area contributed by atoms with Crippen LogP contribution in [0, 0.1) is 6.92 Å². The van der Waals surface area contributed by atoms with E-state index in [4.69, 9.17) is 0 Å². The Morgan fingerprint density at radius 3 is 1.49 bits per heavy atom. The van der Waals surface area contributed by atoms with E-state index < -0.39 is 0 Å². The van der Waals surface area contributed by atoms with Gasteiger partial charge in [0.25, 0.3) is 0 Å². The van der Waals surface area contributed by atoms with E-state index in [1.807, 2.05) is 0 Å². The van der Waals surface area contributed by atoms with E-state index in [2.05, 4.69) is 158 Å². The third-order valence-corrected chi connectivity index (χ3v) is 8.62. The maximum Gasteiger partial charge on any atom is 0.0541 e. The van der Waals surface area contributed by atoms with E-state index in [9.17, 15) is 0 Å². The van der Waals surface area contributed by atoms with E-state index in [0.29, 0.717) is 0 Å². The van der Waals surface area contributed by atoms with Crippen molar-refractivity contribution in [1.82, 2.24) is 4.57 Å². The van der Waals surface area contributed by atoms with Gasteiger partial charge in [-0.2, -0.15) is 0 Å². The lowest BCUT2D eigenvalue weighted by atomic mass is 9.78. The number of anilines is 3. The monoisotopic (exact) mass is 508 g/mol. The summed E-state index contributed by atoms with van der Waals surface area (Å²) < 4.78 is 2.37. The first-order valence-electron chi connectivity index (χ1n) is 14.1. The van der Waals surface area contributed by atoms with Crippen molar-refractivity contribution in [3.05, 3.63) is 132 Å². The van der Waals surface area contributed by atoms with E-state index in [1.165, 1.54) is 38.6 Å². The zero-order chi connectivity index (χ0) is 27.0. The summed E-state index contributed by atoms with van der Waals surface area (Å²) in [4.78, 5) is 2.36. The standard InChI is InChI=1S/C37H36N2/c1-5-37(4,6-2)28-17-21-30(22-18-28)38(29-19-15-27(3)16-20-29)31-23-25-32(26-24-31)39-35-13-9-7-11-33(35)34-12-8-10-14-36(34)39/h7-26H,5-6H2,1-4H3. The normalized spacial score (nSPS) is 11.8. The molecule has 0 aliphatic heterocycles. The largest absolute Gasteiger partial charge is 0.311 e. The van der Waals surface area contributed by atoms with Crippen molar-refractivity contribution in [3.63, 3.8) is 0 Å². The summed E-state index contributed by atoms with van der Waals surface area (Å²) in [7, 11) is 0. The minimum Gasteiger partial charge on any atom is -0.311 e. The molecule has 0 saturated heterocycles. The topological polar surface area (TPSA) is 8.17 Å². The molecule has 6 rings (SSSR count). The molecule has 0 radical (unpaired) electrons. The van der Waals surface area contributed by atoms with E-state index >= 15 is 0 Å². The number of para-hydroxylation sites is 2. The summed E-state index contributed by atoms with van der Waals surface area (Å²) in [5.74, 6) is 0. The first kappa shape index (κ1) is 25.0. The molecule has 0 amide bonds. The Kier molecular flexibility index (Phi) is 6.48. The van der Waals surface area contributed by atoms with Gasteiger partial charge in [0.2, 0.25) is 0 Å². The quantitative estimate of drug-likeness (QED) is 0.208. The Hall–Kier alpha value is -4.30. The number of hydrogen-bond donors (Lipinski definition) is 0. The molecular weight excluding hydrogens is 472 g/mol. The third kappa shape index (κ3) is 4.40. The van der Waals surface area contributed by atoms with Gasteiger partial charge < -0.3 is 9.47 Å². The van der Waals surface area contributed by atoms with Crippen molar-refractivity contribution < 1.29 is 0 Å². The van der Waals surface area contributed by atoms with E-state index in [-0.39, 0.29) is 5.41 Å². The van der Waals surface area contributed by atoms with Crippen LogP contribution in [0.1, 0.15) is 44.7 Å².